The van der Waals surface area contributed by atoms with Gasteiger partial charge in [-0.3, -0.25) is 20.2 Å². The van der Waals surface area contributed by atoms with Crippen molar-refractivity contribution in [2.75, 3.05) is 33.2 Å². The molecule has 152 valence electrons. The summed E-state index contributed by atoms with van der Waals surface area (Å²) < 4.78 is 0. The molecule has 8 heteroatoms. The van der Waals surface area contributed by atoms with Crippen LogP contribution in [0.4, 0.5) is 9.59 Å². The van der Waals surface area contributed by atoms with Crippen LogP contribution in [0.3, 0.4) is 0 Å². The number of amidine groups is 2. The van der Waals surface area contributed by atoms with Crippen LogP contribution in [-0.4, -0.2) is 88.6 Å². The zero-order valence-electron chi connectivity index (χ0n) is 17.7. The molecule has 0 aliphatic carbocycles. The standard InChI is InChI=1S/C19H34N6O2/c1-8-23-15(13(5)6)17(22(7)18(23)26)21-10-11-25-14(12(3)4)16(20)24(9-2)19(25)27/h12-15,20H,8-11H2,1-7H3. The predicted octanol–water partition coefficient (Wildman–Crippen LogP) is 2.56. The van der Waals surface area contributed by atoms with E-state index in [1.165, 1.54) is 4.90 Å². The quantitative estimate of drug-likeness (QED) is 0.738. The van der Waals surface area contributed by atoms with E-state index in [1.807, 2.05) is 32.6 Å². The van der Waals surface area contributed by atoms with E-state index in [9.17, 15) is 9.59 Å². The first-order valence-electron chi connectivity index (χ1n) is 9.92. The second kappa shape index (κ2) is 8.27. The minimum atomic E-state index is -0.214. The molecule has 2 saturated heterocycles. The first-order chi connectivity index (χ1) is 12.7. The van der Waals surface area contributed by atoms with Crippen LogP contribution in [0, 0.1) is 17.2 Å². The molecule has 8 nitrogen and oxygen atoms in total. The number of hydrogen-bond donors (Lipinski definition) is 1. The van der Waals surface area contributed by atoms with Crippen LogP contribution in [0.5, 0.6) is 0 Å². The Morgan fingerprint density at radius 3 is 2.04 bits per heavy atom. The Labute approximate surface area is 162 Å². The molecule has 0 spiro atoms. The van der Waals surface area contributed by atoms with Gasteiger partial charge in [0.05, 0.1) is 18.6 Å². The van der Waals surface area contributed by atoms with Crippen molar-refractivity contribution in [3.63, 3.8) is 0 Å². The first kappa shape index (κ1) is 21.2. The van der Waals surface area contributed by atoms with Crippen LogP contribution >= 0.6 is 0 Å². The molecule has 0 aromatic heterocycles. The molecule has 0 aromatic carbocycles. The summed E-state index contributed by atoms with van der Waals surface area (Å²) in [5.74, 6) is 1.57. The number of carbonyl (C=O) groups excluding carboxylic acids is 2. The van der Waals surface area contributed by atoms with Crippen molar-refractivity contribution in [2.45, 2.75) is 53.6 Å². The molecule has 2 fully saturated rings. The predicted molar refractivity (Wildman–Crippen MR) is 107 cm³/mol. The second-order valence-electron chi connectivity index (χ2n) is 7.85. The van der Waals surface area contributed by atoms with Crippen molar-refractivity contribution in [2.24, 2.45) is 16.8 Å². The highest BCUT2D eigenvalue weighted by atomic mass is 16.2. The third-order valence-electron chi connectivity index (χ3n) is 5.39. The zero-order valence-corrected chi connectivity index (χ0v) is 17.7. The molecule has 2 unspecified atom stereocenters. The molecule has 2 rings (SSSR count). The molecule has 0 saturated carbocycles. The highest BCUT2D eigenvalue weighted by Gasteiger charge is 2.44. The minimum absolute atomic E-state index is 0.0220. The van der Waals surface area contributed by atoms with E-state index in [4.69, 9.17) is 10.4 Å². The lowest BCUT2D eigenvalue weighted by atomic mass is 10.0. The van der Waals surface area contributed by atoms with E-state index in [2.05, 4.69) is 13.8 Å². The van der Waals surface area contributed by atoms with Crippen molar-refractivity contribution in [1.82, 2.24) is 19.6 Å². The monoisotopic (exact) mass is 378 g/mol. The van der Waals surface area contributed by atoms with Crippen molar-refractivity contribution in [3.8, 4) is 0 Å². The average Bonchev–Trinajstić information content (AvgIpc) is 2.99. The smallest absolute Gasteiger partial charge is 0.314 e. The van der Waals surface area contributed by atoms with Gasteiger partial charge in [-0.25, -0.2) is 9.59 Å². The van der Waals surface area contributed by atoms with Gasteiger partial charge in [-0.15, -0.1) is 0 Å². The Morgan fingerprint density at radius 2 is 1.56 bits per heavy atom. The lowest BCUT2D eigenvalue weighted by Gasteiger charge is -2.26. The fraction of sp³-hybridized carbons (Fsp3) is 0.789. The van der Waals surface area contributed by atoms with Gasteiger partial charge in [0.1, 0.15) is 11.7 Å². The number of aliphatic imine (C=N–C) groups is 1. The molecule has 27 heavy (non-hydrogen) atoms. The van der Waals surface area contributed by atoms with Gasteiger partial charge < -0.3 is 9.80 Å². The molecule has 4 amide bonds. The summed E-state index contributed by atoms with van der Waals surface area (Å²) in [6.07, 6.45) is 0. The molecule has 2 atom stereocenters. The van der Waals surface area contributed by atoms with Gasteiger partial charge in [0.25, 0.3) is 0 Å². The molecule has 2 aliphatic rings. The van der Waals surface area contributed by atoms with E-state index in [0.717, 1.165) is 5.84 Å². The average molecular weight is 379 g/mol. The fourth-order valence-electron chi connectivity index (χ4n) is 4.11. The van der Waals surface area contributed by atoms with Crippen LogP contribution in [0.25, 0.3) is 0 Å². The minimum Gasteiger partial charge on any atom is -0.314 e. The van der Waals surface area contributed by atoms with E-state index in [-0.39, 0.29) is 36.0 Å². The maximum atomic E-state index is 12.7. The number of rotatable bonds is 7. The largest absolute Gasteiger partial charge is 0.326 e. The van der Waals surface area contributed by atoms with Crippen LogP contribution in [0.1, 0.15) is 41.5 Å². The normalized spacial score (nSPS) is 25.4. The molecule has 0 radical (unpaired) electrons. The first-order valence-corrected chi connectivity index (χ1v) is 9.92. The van der Waals surface area contributed by atoms with E-state index >= 15 is 0 Å². The Bertz CT molecular complexity index is 630. The van der Waals surface area contributed by atoms with Crippen molar-refractivity contribution in [3.05, 3.63) is 0 Å². The second-order valence-corrected chi connectivity index (χ2v) is 7.85. The summed E-state index contributed by atoms with van der Waals surface area (Å²) in [5, 5.41) is 8.32. The van der Waals surface area contributed by atoms with Crippen LogP contribution in [-0.2, 0) is 0 Å². The number of amides is 4. The number of nitrogens with one attached hydrogen (secondary N) is 1. The van der Waals surface area contributed by atoms with E-state index < -0.39 is 0 Å². The van der Waals surface area contributed by atoms with Gasteiger partial charge in [-0.05, 0) is 25.7 Å². The third-order valence-corrected chi connectivity index (χ3v) is 5.39. The Hall–Kier alpha value is -2.12. The Kier molecular flexibility index (Phi) is 6.49. The maximum Gasteiger partial charge on any atom is 0.326 e. The summed E-state index contributed by atoms with van der Waals surface area (Å²) in [4.78, 5) is 36.6. The fourth-order valence-corrected chi connectivity index (χ4v) is 4.11. The zero-order chi connectivity index (χ0) is 20.5. The topological polar surface area (TPSA) is 83.3 Å². The van der Waals surface area contributed by atoms with Crippen molar-refractivity contribution in [1.29, 1.82) is 5.41 Å². The van der Waals surface area contributed by atoms with Crippen LogP contribution < -0.4 is 0 Å². The molecule has 0 bridgehead atoms. The Balaban J connectivity index is 2.18. The summed E-state index contributed by atoms with van der Waals surface area (Å²) in [5.41, 5.74) is 0. The molecular weight excluding hydrogens is 344 g/mol. The molecular formula is C19H34N6O2. The van der Waals surface area contributed by atoms with Gasteiger partial charge in [-0.2, -0.15) is 0 Å². The number of hydrogen-bond acceptors (Lipinski definition) is 4. The Morgan fingerprint density at radius 1 is 0.963 bits per heavy atom. The molecule has 0 aromatic rings. The highest BCUT2D eigenvalue weighted by Crippen LogP contribution is 2.25. The highest BCUT2D eigenvalue weighted by molar-refractivity contribution is 6.07. The maximum absolute atomic E-state index is 12.7. The number of carbonyl (C=O) groups is 2. The lowest BCUT2D eigenvalue weighted by molar-refractivity contribution is 0.182. The van der Waals surface area contributed by atoms with Crippen molar-refractivity contribution >= 4 is 23.7 Å². The summed E-state index contributed by atoms with van der Waals surface area (Å²) in [7, 11) is 1.76. The SMILES string of the molecule is CCN1C(=N)C(C(C)C)N(CCN=C2C(C(C)C)N(CC)C(=O)N2C)C1=O. The van der Waals surface area contributed by atoms with Gasteiger partial charge in [0.2, 0.25) is 0 Å². The van der Waals surface area contributed by atoms with Gasteiger partial charge in [0.15, 0.2) is 0 Å². The van der Waals surface area contributed by atoms with Gasteiger partial charge >= 0.3 is 12.1 Å². The van der Waals surface area contributed by atoms with E-state index in [0.29, 0.717) is 32.0 Å². The van der Waals surface area contributed by atoms with Gasteiger partial charge in [0, 0.05) is 26.7 Å². The van der Waals surface area contributed by atoms with Crippen molar-refractivity contribution < 1.29 is 9.59 Å². The number of nitrogens with zero attached hydrogens (tertiary/aromatic N) is 5. The number of likely N-dealkylation sites (N-methyl/N-ethyl adjacent to an activating group) is 3. The van der Waals surface area contributed by atoms with Crippen LogP contribution in [0.2, 0.25) is 0 Å². The third kappa shape index (κ3) is 3.66. The summed E-state index contributed by atoms with van der Waals surface area (Å²) in [6, 6.07) is -0.388. The molecule has 2 heterocycles. The lowest BCUT2D eigenvalue weighted by Crippen LogP contribution is -2.41. The number of urea groups is 2. The molecule has 2 aliphatic heterocycles. The van der Waals surface area contributed by atoms with E-state index in [1.54, 1.807) is 16.8 Å². The summed E-state index contributed by atoms with van der Waals surface area (Å²) in [6.45, 7) is 14.1. The summed E-state index contributed by atoms with van der Waals surface area (Å²) >= 11 is 0. The van der Waals surface area contributed by atoms with Crippen LogP contribution in [0.15, 0.2) is 4.99 Å². The van der Waals surface area contributed by atoms with Gasteiger partial charge in [-0.1, -0.05) is 27.7 Å². The molecule has 1 N–H and O–H groups in total.